The molecule has 8 nitrogen and oxygen atoms in total. The molecule has 1 N–H and O–H groups in total. The summed E-state index contributed by atoms with van der Waals surface area (Å²) in [5, 5.41) is 27.5. The highest BCUT2D eigenvalue weighted by Crippen LogP contribution is 2.34. The Bertz CT molecular complexity index is 453. The van der Waals surface area contributed by atoms with E-state index in [9.17, 15) is 14.9 Å². The minimum atomic E-state index is -1.26. The van der Waals surface area contributed by atoms with Gasteiger partial charge in [-0.25, -0.2) is 4.79 Å². The standard InChI is InChI=1S/C7H8N4O4S/c1-10(2)9-8-4-3-5(11(14)15)16-6(4)7(12)13/h3H,1-2H3,(H,12,13). The van der Waals surface area contributed by atoms with Crippen LogP contribution in [0.25, 0.3) is 0 Å². The third kappa shape index (κ3) is 2.73. The molecule has 0 aromatic carbocycles. The summed E-state index contributed by atoms with van der Waals surface area (Å²) in [5.74, 6) is -1.26. The quantitative estimate of drug-likeness (QED) is 0.494. The fourth-order valence-electron chi connectivity index (χ4n) is 0.824. The highest BCUT2D eigenvalue weighted by molar-refractivity contribution is 7.17. The molecule has 1 heterocycles. The molecule has 0 spiro atoms. The number of rotatable bonds is 4. The van der Waals surface area contributed by atoms with Gasteiger partial charge in [0.05, 0.1) is 11.0 Å². The van der Waals surface area contributed by atoms with E-state index in [1.807, 2.05) is 0 Å². The van der Waals surface area contributed by atoms with Crippen LogP contribution in [0.15, 0.2) is 16.4 Å². The summed E-state index contributed by atoms with van der Waals surface area (Å²) >= 11 is 0.556. The van der Waals surface area contributed by atoms with E-state index in [2.05, 4.69) is 10.3 Å². The molecule has 0 aliphatic heterocycles. The van der Waals surface area contributed by atoms with Crippen molar-refractivity contribution >= 4 is 28.0 Å². The first-order valence-electron chi connectivity index (χ1n) is 4.02. The van der Waals surface area contributed by atoms with Crippen molar-refractivity contribution in [3.05, 3.63) is 21.1 Å². The van der Waals surface area contributed by atoms with E-state index in [1.165, 1.54) is 5.01 Å². The molecule has 1 rings (SSSR count). The third-order valence-corrected chi connectivity index (χ3v) is 2.47. The molecule has 0 saturated carbocycles. The maximum absolute atomic E-state index is 10.8. The van der Waals surface area contributed by atoms with Gasteiger partial charge in [0.2, 0.25) is 0 Å². The van der Waals surface area contributed by atoms with E-state index in [-0.39, 0.29) is 15.6 Å². The summed E-state index contributed by atoms with van der Waals surface area (Å²) in [7, 11) is 3.20. The number of aromatic carboxylic acids is 1. The fraction of sp³-hybridized carbons (Fsp3) is 0.286. The lowest BCUT2D eigenvalue weighted by atomic mass is 10.4. The first-order valence-corrected chi connectivity index (χ1v) is 4.84. The number of carbonyl (C=O) groups is 1. The lowest BCUT2D eigenvalue weighted by molar-refractivity contribution is -0.380. The Morgan fingerprint density at radius 3 is 2.69 bits per heavy atom. The van der Waals surface area contributed by atoms with Crippen LogP contribution < -0.4 is 0 Å². The molecule has 0 saturated heterocycles. The van der Waals surface area contributed by atoms with Gasteiger partial charge in [-0.2, -0.15) is 0 Å². The summed E-state index contributed by atoms with van der Waals surface area (Å²) in [6, 6.07) is 1.08. The maximum atomic E-state index is 10.8. The van der Waals surface area contributed by atoms with Gasteiger partial charge >= 0.3 is 11.0 Å². The lowest BCUT2D eigenvalue weighted by Crippen LogP contribution is -1.99. The summed E-state index contributed by atoms with van der Waals surface area (Å²) in [5.41, 5.74) is -0.0158. The second-order valence-electron chi connectivity index (χ2n) is 2.90. The fourth-order valence-corrected chi connectivity index (χ4v) is 1.57. The van der Waals surface area contributed by atoms with Crippen molar-refractivity contribution in [1.29, 1.82) is 0 Å². The van der Waals surface area contributed by atoms with Gasteiger partial charge in [0.1, 0.15) is 10.6 Å². The minimum absolute atomic E-state index is 0.0158. The molecule has 0 unspecified atom stereocenters. The van der Waals surface area contributed by atoms with Crippen molar-refractivity contribution in [1.82, 2.24) is 5.01 Å². The van der Waals surface area contributed by atoms with Gasteiger partial charge in [-0.1, -0.05) is 16.6 Å². The predicted molar refractivity (Wildman–Crippen MR) is 56.1 cm³/mol. The monoisotopic (exact) mass is 244 g/mol. The molecule has 0 radical (unpaired) electrons. The number of hydrogen-bond acceptors (Lipinski definition) is 6. The van der Waals surface area contributed by atoms with E-state index in [4.69, 9.17) is 5.11 Å². The van der Waals surface area contributed by atoms with Crippen molar-refractivity contribution < 1.29 is 14.8 Å². The molecule has 0 aliphatic rings. The Kier molecular flexibility index (Phi) is 3.51. The van der Waals surface area contributed by atoms with Crippen LogP contribution in [0.1, 0.15) is 9.67 Å². The molecule has 1 aromatic rings. The third-order valence-electron chi connectivity index (χ3n) is 1.40. The smallest absolute Gasteiger partial charge is 0.348 e. The number of nitrogens with zero attached hydrogens (tertiary/aromatic N) is 4. The van der Waals surface area contributed by atoms with Crippen LogP contribution in [0.5, 0.6) is 0 Å². The zero-order valence-corrected chi connectivity index (χ0v) is 9.26. The van der Waals surface area contributed by atoms with Crippen LogP contribution in [0.2, 0.25) is 0 Å². The van der Waals surface area contributed by atoms with Crippen LogP contribution in [-0.2, 0) is 0 Å². The molecule has 9 heteroatoms. The van der Waals surface area contributed by atoms with Crippen LogP contribution in [0, 0.1) is 10.1 Å². The first-order chi connectivity index (χ1) is 7.41. The van der Waals surface area contributed by atoms with Crippen molar-refractivity contribution in [2.75, 3.05) is 14.1 Å². The van der Waals surface area contributed by atoms with Gasteiger partial charge in [-0.15, -0.1) is 5.11 Å². The van der Waals surface area contributed by atoms with Crippen LogP contribution >= 0.6 is 11.3 Å². The predicted octanol–water partition coefficient (Wildman–Crippen LogP) is 1.91. The Morgan fingerprint density at radius 1 is 1.62 bits per heavy atom. The van der Waals surface area contributed by atoms with Gasteiger partial charge < -0.3 is 5.11 Å². The van der Waals surface area contributed by atoms with Gasteiger partial charge in [0.15, 0.2) is 0 Å². The van der Waals surface area contributed by atoms with E-state index < -0.39 is 10.9 Å². The molecule has 0 amide bonds. The van der Waals surface area contributed by atoms with Gasteiger partial charge in [-0.05, 0) is 0 Å². The molecular weight excluding hydrogens is 236 g/mol. The Hall–Kier alpha value is -2.03. The van der Waals surface area contributed by atoms with E-state index in [1.54, 1.807) is 14.1 Å². The summed E-state index contributed by atoms with van der Waals surface area (Å²) in [6.45, 7) is 0. The Balaban J connectivity index is 3.15. The second-order valence-corrected chi connectivity index (χ2v) is 3.93. The zero-order valence-electron chi connectivity index (χ0n) is 8.45. The Morgan fingerprint density at radius 2 is 2.25 bits per heavy atom. The maximum Gasteiger partial charge on any atom is 0.348 e. The normalized spacial score (nSPS) is 10.6. The molecular formula is C7H8N4O4S. The van der Waals surface area contributed by atoms with Crippen molar-refractivity contribution in [2.24, 2.45) is 10.3 Å². The average Bonchev–Trinajstić information content (AvgIpc) is 2.58. The number of nitro groups is 1. The second kappa shape index (κ2) is 4.66. The number of hydrogen-bond donors (Lipinski definition) is 1. The zero-order chi connectivity index (χ0) is 12.3. The van der Waals surface area contributed by atoms with Crippen molar-refractivity contribution in [3.8, 4) is 0 Å². The topological polar surface area (TPSA) is 108 Å². The number of carboxylic acid groups (broad SMARTS) is 1. The highest BCUT2D eigenvalue weighted by Gasteiger charge is 2.21. The van der Waals surface area contributed by atoms with Crippen molar-refractivity contribution in [2.45, 2.75) is 0 Å². The number of carboxylic acids is 1. The van der Waals surface area contributed by atoms with Gasteiger partial charge in [0, 0.05) is 14.1 Å². The molecule has 1 aromatic heterocycles. The molecule has 0 aliphatic carbocycles. The molecule has 86 valence electrons. The first kappa shape index (κ1) is 12.0. The SMILES string of the molecule is CN(C)N=Nc1cc([N+](=O)[O-])sc1C(=O)O. The molecule has 0 bridgehead atoms. The van der Waals surface area contributed by atoms with Crippen LogP contribution in [0.3, 0.4) is 0 Å². The average molecular weight is 244 g/mol. The lowest BCUT2D eigenvalue weighted by Gasteiger charge is -1.99. The van der Waals surface area contributed by atoms with Crippen LogP contribution in [-0.4, -0.2) is 35.1 Å². The van der Waals surface area contributed by atoms with E-state index in [0.717, 1.165) is 6.07 Å². The van der Waals surface area contributed by atoms with E-state index in [0.29, 0.717) is 11.3 Å². The Labute approximate surface area is 94.0 Å². The van der Waals surface area contributed by atoms with Gasteiger partial charge in [-0.3, -0.25) is 15.1 Å². The molecule has 0 fully saturated rings. The molecule has 16 heavy (non-hydrogen) atoms. The molecule has 0 atom stereocenters. The minimum Gasteiger partial charge on any atom is -0.477 e. The summed E-state index contributed by atoms with van der Waals surface area (Å²) in [6.07, 6.45) is 0. The largest absolute Gasteiger partial charge is 0.477 e. The van der Waals surface area contributed by atoms with Crippen molar-refractivity contribution in [3.63, 3.8) is 0 Å². The highest BCUT2D eigenvalue weighted by atomic mass is 32.1. The summed E-state index contributed by atoms with van der Waals surface area (Å²) < 4.78 is 0. The van der Waals surface area contributed by atoms with E-state index >= 15 is 0 Å². The number of thiophene rings is 1. The van der Waals surface area contributed by atoms with Gasteiger partial charge in [0.25, 0.3) is 0 Å². The summed E-state index contributed by atoms with van der Waals surface area (Å²) in [4.78, 5) is 20.4. The van der Waals surface area contributed by atoms with Crippen LogP contribution in [0.4, 0.5) is 10.7 Å².